The van der Waals surface area contributed by atoms with Gasteiger partial charge < -0.3 is 25.6 Å². The number of aliphatic hydroxyl groups is 2. The molecule has 0 bridgehead atoms. The molecule has 0 radical (unpaired) electrons. The van der Waals surface area contributed by atoms with E-state index >= 15 is 0 Å². The van der Waals surface area contributed by atoms with Crippen LogP contribution in [0.15, 0.2) is 35.3 Å². The Labute approximate surface area is 217 Å². The maximum atomic E-state index is 13.3. The number of likely N-dealkylation sites (tertiary alicyclic amines) is 2. The minimum atomic E-state index is -2.68. The minimum absolute atomic E-state index is 0.0251. The fraction of sp³-hybridized carbons (Fsp3) is 0.542. The maximum absolute atomic E-state index is 13.3. The van der Waals surface area contributed by atoms with Crippen LogP contribution in [-0.4, -0.2) is 104 Å². The van der Waals surface area contributed by atoms with Gasteiger partial charge in [-0.25, -0.2) is 15.1 Å². The number of carbonyl (C=O) groups is 3. The quantitative estimate of drug-likeness (QED) is 0.167. The molecule has 1 aromatic rings. The third-order valence-electron chi connectivity index (χ3n) is 8.27. The van der Waals surface area contributed by atoms with Crippen LogP contribution in [0.1, 0.15) is 37.3 Å². The Morgan fingerprint density at radius 1 is 1.18 bits per heavy atom. The molecule has 3 fully saturated rings. The molecule has 0 aliphatic carbocycles. The Morgan fingerprint density at radius 3 is 2.61 bits per heavy atom. The average Bonchev–Trinajstić information content (AvgIpc) is 3.63. The summed E-state index contributed by atoms with van der Waals surface area (Å²) in [4.78, 5) is 49.4. The summed E-state index contributed by atoms with van der Waals surface area (Å²) in [6.45, 7) is 0.175. The van der Waals surface area contributed by atoms with E-state index in [1.807, 2.05) is 30.3 Å². The van der Waals surface area contributed by atoms with Gasteiger partial charge >= 0.3 is 12.1 Å². The summed E-state index contributed by atoms with van der Waals surface area (Å²) < 4.78 is 5.74. The van der Waals surface area contributed by atoms with Gasteiger partial charge in [0.15, 0.2) is 18.1 Å². The van der Waals surface area contributed by atoms with Crippen molar-refractivity contribution in [1.29, 1.82) is 0 Å². The number of nitrogens with zero attached hydrogens (tertiary/aromatic N) is 4. The molecular weight excluding hydrogens is 496 g/mol. The van der Waals surface area contributed by atoms with Gasteiger partial charge in [0.1, 0.15) is 6.04 Å². The first-order valence-corrected chi connectivity index (χ1v) is 12.7. The van der Waals surface area contributed by atoms with Gasteiger partial charge in [0.25, 0.3) is 11.4 Å². The number of rotatable bonds is 4. The van der Waals surface area contributed by atoms with Gasteiger partial charge in [-0.2, -0.15) is 0 Å². The molecule has 0 saturated carbocycles. The van der Waals surface area contributed by atoms with Crippen LogP contribution in [-0.2, 0) is 14.3 Å². The van der Waals surface area contributed by atoms with Gasteiger partial charge in [-0.1, -0.05) is 30.3 Å². The molecule has 5 heterocycles. The topological polar surface area (TPSA) is 201 Å². The van der Waals surface area contributed by atoms with E-state index in [9.17, 15) is 24.6 Å². The second-order valence-corrected chi connectivity index (χ2v) is 10.4. The van der Waals surface area contributed by atoms with Crippen LogP contribution in [0, 0.1) is 0 Å². The van der Waals surface area contributed by atoms with Crippen LogP contribution in [0.5, 0.6) is 0 Å². The van der Waals surface area contributed by atoms with Crippen molar-refractivity contribution in [2.45, 2.75) is 61.4 Å². The van der Waals surface area contributed by atoms with E-state index in [-0.39, 0.29) is 55.7 Å². The number of aliphatic imine (C=N–C) groups is 1. The second-order valence-electron chi connectivity index (χ2n) is 10.4. The highest BCUT2D eigenvalue weighted by Gasteiger charge is 2.77. The molecule has 3 saturated heterocycles. The number of carbonyl (C=O) groups excluding carboxylic acids is 3. The fourth-order valence-electron chi connectivity index (χ4n) is 6.47. The number of hydrogen-bond donors (Lipinski definition) is 6. The van der Waals surface area contributed by atoms with Crippen molar-refractivity contribution in [3.63, 3.8) is 0 Å². The number of ether oxygens (including phenoxy) is 1. The molecule has 14 heteroatoms. The van der Waals surface area contributed by atoms with Crippen molar-refractivity contribution in [3.8, 4) is 0 Å². The van der Waals surface area contributed by atoms with Crippen LogP contribution in [0.2, 0.25) is 0 Å². The van der Waals surface area contributed by atoms with Gasteiger partial charge in [-0.3, -0.25) is 30.1 Å². The van der Waals surface area contributed by atoms with Crippen molar-refractivity contribution in [1.82, 2.24) is 20.0 Å². The number of benzene rings is 1. The predicted octanol–water partition coefficient (Wildman–Crippen LogP) is -3.77. The monoisotopic (exact) mass is 527 g/mol. The van der Waals surface area contributed by atoms with Crippen molar-refractivity contribution in [3.05, 3.63) is 35.9 Å². The number of hydrogen-bond acceptors (Lipinski definition) is 11. The molecule has 1 unspecified atom stereocenters. The fourth-order valence-corrected chi connectivity index (χ4v) is 6.47. The van der Waals surface area contributed by atoms with Gasteiger partial charge in [-0.05, 0) is 18.4 Å². The van der Waals surface area contributed by atoms with Crippen LogP contribution in [0.4, 0.5) is 4.79 Å². The molecule has 14 nitrogen and oxygen atoms in total. The molecule has 8 N–H and O–H groups in total. The van der Waals surface area contributed by atoms with Gasteiger partial charge in [0.05, 0.1) is 19.1 Å². The summed E-state index contributed by atoms with van der Waals surface area (Å²) in [5.41, 5.74) is 11.5. The molecule has 6 rings (SSSR count). The van der Waals surface area contributed by atoms with Crippen molar-refractivity contribution in [2.75, 3.05) is 19.6 Å². The maximum Gasteiger partial charge on any atom is 0.410 e. The highest BCUT2D eigenvalue weighted by atomic mass is 16.6. The van der Waals surface area contributed by atoms with E-state index in [2.05, 4.69) is 15.3 Å². The molecule has 1 aromatic carbocycles. The summed E-state index contributed by atoms with van der Waals surface area (Å²) in [5, 5.41) is 26.1. The first-order chi connectivity index (χ1) is 18.1. The minimum Gasteiger partial charge on any atom is -0.438 e. The SMILES string of the molecule is NC1=N[C@@H](CN2C(=O)CCC2=O)[C@@H]2[NH+]=C(N)N[C@]23N1C[C@H](OC(=O)N1CCCC1c1ccccc1)C3(O)O. The summed E-state index contributed by atoms with van der Waals surface area (Å²) >= 11 is 0. The average molecular weight is 528 g/mol. The highest BCUT2D eigenvalue weighted by Crippen LogP contribution is 2.43. The smallest absolute Gasteiger partial charge is 0.410 e. The van der Waals surface area contributed by atoms with Crippen molar-refractivity contribution in [2.24, 2.45) is 16.5 Å². The number of guanidine groups is 2. The third kappa shape index (κ3) is 3.43. The Kier molecular flexibility index (Phi) is 5.50. The molecular formula is C24H31N8O6+. The summed E-state index contributed by atoms with van der Waals surface area (Å²) in [5.74, 6) is -3.39. The lowest BCUT2D eigenvalue weighted by Gasteiger charge is -2.46. The molecule has 38 heavy (non-hydrogen) atoms. The molecule has 5 aliphatic heterocycles. The van der Waals surface area contributed by atoms with Gasteiger partial charge in [0, 0.05) is 19.4 Å². The number of nitrogens with one attached hydrogen (secondary N) is 2. The normalized spacial score (nSPS) is 33.6. The molecule has 1 spiro atoms. The van der Waals surface area contributed by atoms with Gasteiger partial charge in [-0.15, -0.1) is 0 Å². The van der Waals surface area contributed by atoms with E-state index in [4.69, 9.17) is 16.2 Å². The standard InChI is InChI=1S/C24H30N8O6/c25-20-28-19-14(11-31-17(33)8-9-18(31)34)27-21(26)32-12-16(24(36,37)23(19,32)29-20)38-22(35)30-10-4-7-15(30)13-5-2-1-3-6-13/h1-3,5-6,14-16,19,36-37H,4,7-12H2,(H2,26,27)(H3,25,28,29)/p+1/t14-,15?,16-,19-,23-/m0/s1. The molecule has 5 atom stereocenters. The second kappa shape index (κ2) is 8.56. The lowest BCUT2D eigenvalue weighted by Crippen LogP contribution is -2.90. The number of nitrogens with two attached hydrogens (primary N) is 2. The van der Waals surface area contributed by atoms with Crippen LogP contribution < -0.4 is 21.8 Å². The Balaban J connectivity index is 1.27. The summed E-state index contributed by atoms with van der Waals surface area (Å²) in [6, 6.07) is 7.64. The predicted molar refractivity (Wildman–Crippen MR) is 130 cm³/mol. The molecule has 5 aliphatic rings. The largest absolute Gasteiger partial charge is 0.438 e. The molecule has 3 amide bonds. The van der Waals surface area contributed by atoms with E-state index in [1.54, 1.807) is 4.90 Å². The molecule has 0 aromatic heterocycles. The lowest BCUT2D eigenvalue weighted by molar-refractivity contribution is -0.522. The first kappa shape index (κ1) is 24.4. The first-order valence-electron chi connectivity index (χ1n) is 12.7. The van der Waals surface area contributed by atoms with Crippen LogP contribution >= 0.6 is 0 Å². The Morgan fingerprint density at radius 2 is 1.89 bits per heavy atom. The number of amides is 3. The Hall–Kier alpha value is -3.91. The zero-order valence-electron chi connectivity index (χ0n) is 20.6. The summed E-state index contributed by atoms with van der Waals surface area (Å²) in [6.07, 6.45) is -0.337. The van der Waals surface area contributed by atoms with Crippen molar-refractivity contribution < 1.29 is 34.3 Å². The third-order valence-corrected chi connectivity index (χ3v) is 8.27. The zero-order valence-corrected chi connectivity index (χ0v) is 20.6. The van der Waals surface area contributed by atoms with E-state index < -0.39 is 35.7 Å². The highest BCUT2D eigenvalue weighted by molar-refractivity contribution is 6.02. The van der Waals surface area contributed by atoms with Gasteiger partial charge in [0.2, 0.25) is 11.8 Å². The van der Waals surface area contributed by atoms with E-state index in [1.165, 1.54) is 4.90 Å². The number of imide groups is 1. The zero-order chi connectivity index (χ0) is 26.8. The Bertz CT molecular complexity index is 1220. The van der Waals surface area contributed by atoms with E-state index in [0.717, 1.165) is 23.3 Å². The van der Waals surface area contributed by atoms with Crippen LogP contribution in [0.25, 0.3) is 0 Å². The van der Waals surface area contributed by atoms with Crippen molar-refractivity contribution >= 4 is 29.8 Å². The molecule has 202 valence electrons. The lowest BCUT2D eigenvalue weighted by atomic mass is 9.85. The van der Waals surface area contributed by atoms with Crippen LogP contribution in [0.3, 0.4) is 0 Å². The van der Waals surface area contributed by atoms with E-state index in [0.29, 0.717) is 6.54 Å². The summed E-state index contributed by atoms with van der Waals surface area (Å²) in [7, 11) is 0.